The molecule has 1 aliphatic carbocycles. The molecule has 5 nitrogen and oxygen atoms in total. The number of hydrogen-bond acceptors (Lipinski definition) is 4. The molecule has 6 heteroatoms. The smallest absolute Gasteiger partial charge is 0.242 e. The average Bonchev–Trinajstić information content (AvgIpc) is 2.85. The summed E-state index contributed by atoms with van der Waals surface area (Å²) in [6.07, 6.45) is 7.01. The van der Waals surface area contributed by atoms with Crippen LogP contribution in [0.1, 0.15) is 44.6 Å². The lowest BCUT2D eigenvalue weighted by Gasteiger charge is -2.24. The maximum atomic E-state index is 12.4. The van der Waals surface area contributed by atoms with E-state index in [-0.39, 0.29) is 17.0 Å². The van der Waals surface area contributed by atoms with Crippen LogP contribution in [-0.2, 0) is 10.0 Å². The van der Waals surface area contributed by atoms with Crippen LogP contribution < -0.4 is 4.72 Å². The first-order valence-electron chi connectivity index (χ1n) is 7.04. The number of nitrogens with one attached hydrogen (secondary N) is 1. The first-order chi connectivity index (χ1) is 9.95. The standard InChI is InChI=1S/C15H20N2O3S/c1-15(7-3-4-8-15)17-21(19,20)14-10-13(11-16-12-14)6-2-5-9-18/h10-12,17-18H,3-5,7-9H2,1H3. The molecule has 0 atom stereocenters. The molecule has 0 radical (unpaired) electrons. The normalized spacial score (nSPS) is 17.2. The summed E-state index contributed by atoms with van der Waals surface area (Å²) in [7, 11) is -3.58. The van der Waals surface area contributed by atoms with Gasteiger partial charge in [0.15, 0.2) is 0 Å². The van der Waals surface area contributed by atoms with Gasteiger partial charge in [0.05, 0.1) is 6.61 Å². The van der Waals surface area contributed by atoms with Crippen LogP contribution in [-0.4, -0.2) is 30.7 Å². The van der Waals surface area contributed by atoms with Crippen LogP contribution in [0.2, 0.25) is 0 Å². The molecule has 1 fully saturated rings. The predicted octanol–water partition coefficient (Wildman–Crippen LogP) is 1.43. The summed E-state index contributed by atoms with van der Waals surface area (Å²) in [6.45, 7) is 1.92. The highest BCUT2D eigenvalue weighted by Crippen LogP contribution is 2.30. The second-order valence-electron chi connectivity index (χ2n) is 5.56. The fraction of sp³-hybridized carbons (Fsp3) is 0.533. The molecule has 21 heavy (non-hydrogen) atoms. The van der Waals surface area contributed by atoms with Crippen molar-refractivity contribution in [3.8, 4) is 11.8 Å². The average molecular weight is 308 g/mol. The van der Waals surface area contributed by atoms with Gasteiger partial charge in [-0.1, -0.05) is 24.7 Å². The highest BCUT2D eigenvalue weighted by Gasteiger charge is 2.33. The molecule has 0 spiro atoms. The van der Waals surface area contributed by atoms with Gasteiger partial charge in [-0.3, -0.25) is 4.98 Å². The minimum absolute atomic E-state index is 0.0155. The fourth-order valence-electron chi connectivity index (χ4n) is 2.50. The minimum Gasteiger partial charge on any atom is -0.395 e. The third kappa shape index (κ3) is 4.27. The van der Waals surface area contributed by atoms with E-state index in [1.165, 1.54) is 18.5 Å². The number of sulfonamides is 1. The van der Waals surface area contributed by atoms with Gasteiger partial charge in [0, 0.05) is 29.9 Å². The van der Waals surface area contributed by atoms with E-state index in [1.807, 2.05) is 6.92 Å². The molecule has 0 amide bonds. The summed E-state index contributed by atoms with van der Waals surface area (Å²) in [5.74, 6) is 5.55. The first-order valence-corrected chi connectivity index (χ1v) is 8.52. The van der Waals surface area contributed by atoms with Crippen molar-refractivity contribution in [2.45, 2.75) is 49.5 Å². The topological polar surface area (TPSA) is 79.3 Å². The Morgan fingerprint density at radius 1 is 1.38 bits per heavy atom. The van der Waals surface area contributed by atoms with Gasteiger partial charge in [-0.2, -0.15) is 0 Å². The van der Waals surface area contributed by atoms with Crippen molar-refractivity contribution < 1.29 is 13.5 Å². The predicted molar refractivity (Wildman–Crippen MR) is 80.0 cm³/mol. The lowest BCUT2D eigenvalue weighted by atomic mass is 10.0. The molecule has 0 bridgehead atoms. The minimum atomic E-state index is -3.58. The molecule has 1 aliphatic rings. The Kier molecular flexibility index (Phi) is 4.99. The van der Waals surface area contributed by atoms with Gasteiger partial charge in [-0.05, 0) is 25.8 Å². The largest absolute Gasteiger partial charge is 0.395 e. The molecular weight excluding hydrogens is 288 g/mol. The van der Waals surface area contributed by atoms with Gasteiger partial charge in [0.1, 0.15) is 4.90 Å². The monoisotopic (exact) mass is 308 g/mol. The second-order valence-corrected chi connectivity index (χ2v) is 7.24. The molecule has 1 heterocycles. The molecule has 0 unspecified atom stereocenters. The quantitative estimate of drug-likeness (QED) is 0.825. The SMILES string of the molecule is CC1(NS(=O)(=O)c2cncc(C#CCCO)c2)CCCC1. The molecule has 0 aromatic carbocycles. The van der Waals surface area contributed by atoms with Crippen molar-refractivity contribution in [2.24, 2.45) is 0 Å². The fourth-order valence-corrected chi connectivity index (χ4v) is 3.95. The maximum Gasteiger partial charge on any atom is 0.242 e. The van der Waals surface area contributed by atoms with Crippen molar-refractivity contribution in [3.05, 3.63) is 24.0 Å². The highest BCUT2D eigenvalue weighted by atomic mass is 32.2. The molecule has 1 saturated carbocycles. The Balaban J connectivity index is 2.20. The van der Waals surface area contributed by atoms with Crippen molar-refractivity contribution >= 4 is 10.0 Å². The van der Waals surface area contributed by atoms with Crippen LogP contribution >= 0.6 is 0 Å². The van der Waals surface area contributed by atoms with Crippen LogP contribution in [0.3, 0.4) is 0 Å². The van der Waals surface area contributed by atoms with Gasteiger partial charge in [-0.25, -0.2) is 13.1 Å². The maximum absolute atomic E-state index is 12.4. The molecule has 0 aliphatic heterocycles. The van der Waals surface area contributed by atoms with Crippen LogP contribution in [0, 0.1) is 11.8 Å². The van der Waals surface area contributed by atoms with Gasteiger partial charge >= 0.3 is 0 Å². The number of rotatable bonds is 4. The van der Waals surface area contributed by atoms with Gasteiger partial charge in [-0.15, -0.1) is 0 Å². The van der Waals surface area contributed by atoms with E-state index >= 15 is 0 Å². The van der Waals surface area contributed by atoms with Crippen LogP contribution in [0.15, 0.2) is 23.4 Å². The Morgan fingerprint density at radius 2 is 2.10 bits per heavy atom. The van der Waals surface area contributed by atoms with E-state index < -0.39 is 10.0 Å². The molecule has 1 aromatic heterocycles. The third-order valence-electron chi connectivity index (χ3n) is 3.58. The van der Waals surface area contributed by atoms with Crippen LogP contribution in [0.25, 0.3) is 0 Å². The molecule has 1 aromatic rings. The van der Waals surface area contributed by atoms with Crippen LogP contribution in [0.4, 0.5) is 0 Å². The Morgan fingerprint density at radius 3 is 2.76 bits per heavy atom. The number of pyridine rings is 1. The van der Waals surface area contributed by atoms with Crippen molar-refractivity contribution in [1.82, 2.24) is 9.71 Å². The molecule has 2 N–H and O–H groups in total. The number of aromatic nitrogens is 1. The summed E-state index contributed by atoms with van der Waals surface area (Å²) < 4.78 is 27.7. The Hall–Kier alpha value is -1.42. The second kappa shape index (κ2) is 6.56. The lowest BCUT2D eigenvalue weighted by Crippen LogP contribution is -2.43. The summed E-state index contributed by atoms with van der Waals surface area (Å²) in [4.78, 5) is 4.07. The zero-order valence-electron chi connectivity index (χ0n) is 12.1. The number of nitrogens with zero attached hydrogens (tertiary/aromatic N) is 1. The molecule has 2 rings (SSSR count). The van der Waals surface area contributed by atoms with E-state index in [0.29, 0.717) is 12.0 Å². The van der Waals surface area contributed by atoms with Gasteiger partial charge in [0.25, 0.3) is 0 Å². The number of hydrogen-bond donors (Lipinski definition) is 2. The van der Waals surface area contributed by atoms with Gasteiger partial charge in [0.2, 0.25) is 10.0 Å². The Labute approximate surface area is 125 Å². The Bertz CT molecular complexity index is 653. The summed E-state index contributed by atoms with van der Waals surface area (Å²) in [6, 6.07) is 1.51. The highest BCUT2D eigenvalue weighted by molar-refractivity contribution is 7.89. The summed E-state index contributed by atoms with van der Waals surface area (Å²) in [5.41, 5.74) is 0.167. The number of aliphatic hydroxyl groups is 1. The lowest BCUT2D eigenvalue weighted by molar-refractivity contribution is 0.305. The van der Waals surface area contributed by atoms with Crippen molar-refractivity contribution in [1.29, 1.82) is 0 Å². The summed E-state index contributed by atoms with van der Waals surface area (Å²) in [5, 5.41) is 8.69. The first kappa shape index (κ1) is 16.0. The van der Waals surface area contributed by atoms with E-state index in [9.17, 15) is 8.42 Å². The van der Waals surface area contributed by atoms with Crippen LogP contribution in [0.5, 0.6) is 0 Å². The zero-order valence-corrected chi connectivity index (χ0v) is 12.9. The van der Waals surface area contributed by atoms with Crippen molar-refractivity contribution in [2.75, 3.05) is 6.61 Å². The molecule has 0 saturated heterocycles. The van der Waals surface area contributed by atoms with E-state index in [0.717, 1.165) is 25.7 Å². The van der Waals surface area contributed by atoms with E-state index in [1.54, 1.807) is 0 Å². The van der Waals surface area contributed by atoms with Gasteiger partial charge < -0.3 is 5.11 Å². The van der Waals surface area contributed by atoms with Crippen molar-refractivity contribution in [3.63, 3.8) is 0 Å². The van der Waals surface area contributed by atoms with E-state index in [2.05, 4.69) is 21.5 Å². The third-order valence-corrected chi connectivity index (χ3v) is 5.19. The van der Waals surface area contributed by atoms with E-state index in [4.69, 9.17) is 5.11 Å². The zero-order chi connectivity index (χ0) is 15.3. The summed E-state index contributed by atoms with van der Waals surface area (Å²) >= 11 is 0. The molecular formula is C15H20N2O3S. The molecule has 114 valence electrons. The number of aliphatic hydroxyl groups excluding tert-OH is 1.